The van der Waals surface area contributed by atoms with Crippen LogP contribution in [0.2, 0.25) is 0 Å². The number of epoxide rings is 1. The molecule has 5 heteroatoms. The van der Waals surface area contributed by atoms with Crippen molar-refractivity contribution in [3.8, 4) is 0 Å². The predicted octanol–water partition coefficient (Wildman–Crippen LogP) is 4.66. The number of fused-ring (bicyclic) bond motifs is 3. The van der Waals surface area contributed by atoms with Crippen molar-refractivity contribution < 1.29 is 23.8 Å². The largest absolute Gasteiger partial charge is 0.466 e. The molecule has 9 atom stereocenters. The van der Waals surface area contributed by atoms with Gasteiger partial charge in [0, 0.05) is 25.2 Å². The fraction of sp³-hybridized carbons (Fsp3) is 0.920. The van der Waals surface area contributed by atoms with Crippen molar-refractivity contribution in [1.29, 1.82) is 0 Å². The van der Waals surface area contributed by atoms with E-state index in [4.69, 9.17) is 14.2 Å². The maximum atomic E-state index is 11.5. The molecule has 5 rings (SSSR count). The van der Waals surface area contributed by atoms with Crippen molar-refractivity contribution >= 4 is 11.9 Å². The van der Waals surface area contributed by atoms with E-state index in [0.29, 0.717) is 30.5 Å². The number of rotatable bonds is 3. The van der Waals surface area contributed by atoms with Crippen LogP contribution in [0.1, 0.15) is 86.0 Å². The molecule has 0 aromatic carbocycles. The Morgan fingerprint density at radius 1 is 0.933 bits per heavy atom. The van der Waals surface area contributed by atoms with Crippen molar-refractivity contribution in [3.05, 3.63) is 0 Å². The Morgan fingerprint density at radius 3 is 2.33 bits per heavy atom. The van der Waals surface area contributed by atoms with Crippen molar-refractivity contribution in [1.82, 2.24) is 0 Å². The van der Waals surface area contributed by atoms with E-state index >= 15 is 0 Å². The summed E-state index contributed by atoms with van der Waals surface area (Å²) in [6.45, 7) is 11.0. The Bertz CT molecular complexity index is 763. The van der Waals surface area contributed by atoms with E-state index in [2.05, 4.69) is 20.8 Å². The molecular weight excluding hydrogens is 380 g/mol. The molecule has 0 aromatic rings. The molecular formula is C25H38O5. The van der Waals surface area contributed by atoms with Gasteiger partial charge in [0.2, 0.25) is 0 Å². The van der Waals surface area contributed by atoms with Crippen molar-refractivity contribution in [2.45, 2.75) is 104 Å². The van der Waals surface area contributed by atoms with Crippen LogP contribution in [0.25, 0.3) is 0 Å². The molecule has 0 radical (unpaired) electrons. The summed E-state index contributed by atoms with van der Waals surface area (Å²) in [4.78, 5) is 23.0. The zero-order chi connectivity index (χ0) is 21.5. The van der Waals surface area contributed by atoms with Crippen LogP contribution < -0.4 is 0 Å². The summed E-state index contributed by atoms with van der Waals surface area (Å²) in [7, 11) is 0. The van der Waals surface area contributed by atoms with Crippen LogP contribution in [-0.2, 0) is 23.8 Å². The molecule has 1 spiro atoms. The first kappa shape index (κ1) is 20.8. The average Bonchev–Trinajstić information content (AvgIpc) is 3.31. The smallest absolute Gasteiger partial charge is 0.302 e. The number of esters is 2. The quantitative estimate of drug-likeness (QED) is 0.493. The second-order valence-electron chi connectivity index (χ2n) is 11.8. The zero-order valence-corrected chi connectivity index (χ0v) is 19.3. The van der Waals surface area contributed by atoms with Gasteiger partial charge >= 0.3 is 11.9 Å². The second-order valence-corrected chi connectivity index (χ2v) is 11.8. The van der Waals surface area contributed by atoms with Crippen LogP contribution in [0, 0.1) is 34.0 Å². The van der Waals surface area contributed by atoms with Crippen LogP contribution in [0.3, 0.4) is 0 Å². The van der Waals surface area contributed by atoms with Gasteiger partial charge in [-0.1, -0.05) is 20.8 Å². The average molecular weight is 419 g/mol. The third-order valence-corrected chi connectivity index (χ3v) is 10.8. The summed E-state index contributed by atoms with van der Waals surface area (Å²) in [5.74, 6) is 1.37. The molecule has 5 aliphatic rings. The van der Waals surface area contributed by atoms with E-state index < -0.39 is 0 Å². The first-order valence-electron chi connectivity index (χ1n) is 12.0. The summed E-state index contributed by atoms with van der Waals surface area (Å²) in [5.41, 5.74) is 0.606. The Hall–Kier alpha value is -1.10. The maximum Gasteiger partial charge on any atom is 0.302 e. The lowest BCUT2D eigenvalue weighted by Crippen LogP contribution is -2.62. The molecule has 4 aliphatic carbocycles. The number of ether oxygens (including phenoxy) is 3. The van der Waals surface area contributed by atoms with Gasteiger partial charge in [0.25, 0.3) is 0 Å². The lowest BCUT2D eigenvalue weighted by Gasteiger charge is -2.65. The van der Waals surface area contributed by atoms with E-state index in [-0.39, 0.29) is 39.9 Å². The standard InChI is InChI=1S/C25H38O5/c1-15(26)28-14-17-12-21-25(30-21)20-7-9-22(3)13-18(29-16(2)27)6-10-24(22,5)19(20)8-11-23(17,25)4/h17-21H,6-14H2,1-5H3/t17-,18+,19+,20+,21-,22+,23-,24+,25-/m0/s1. The van der Waals surface area contributed by atoms with E-state index in [9.17, 15) is 9.59 Å². The van der Waals surface area contributed by atoms with Crippen LogP contribution in [0.5, 0.6) is 0 Å². The van der Waals surface area contributed by atoms with Crippen LogP contribution in [-0.4, -0.2) is 36.4 Å². The van der Waals surface area contributed by atoms with Gasteiger partial charge in [-0.15, -0.1) is 0 Å². The molecule has 0 N–H and O–H groups in total. The Balaban J connectivity index is 1.39. The van der Waals surface area contributed by atoms with Gasteiger partial charge < -0.3 is 14.2 Å². The summed E-state index contributed by atoms with van der Waals surface area (Å²) < 4.78 is 17.7. The normalized spacial score (nSPS) is 53.6. The molecule has 168 valence electrons. The molecule has 0 aromatic heterocycles. The van der Waals surface area contributed by atoms with Gasteiger partial charge in [0.05, 0.1) is 12.7 Å². The maximum absolute atomic E-state index is 11.5. The Kier molecular flexibility index (Phi) is 4.48. The summed E-state index contributed by atoms with van der Waals surface area (Å²) in [6, 6.07) is 0. The zero-order valence-electron chi connectivity index (χ0n) is 19.3. The molecule has 4 saturated carbocycles. The molecule has 0 bridgehead atoms. The van der Waals surface area contributed by atoms with Gasteiger partial charge in [0.1, 0.15) is 11.7 Å². The number of carbonyl (C=O) groups is 2. The molecule has 5 fully saturated rings. The van der Waals surface area contributed by atoms with E-state index in [1.807, 2.05) is 0 Å². The lowest BCUT2D eigenvalue weighted by atomic mass is 9.40. The number of hydrogen-bond donors (Lipinski definition) is 0. The van der Waals surface area contributed by atoms with Gasteiger partial charge in [-0.05, 0) is 74.0 Å². The molecule has 1 saturated heterocycles. The van der Waals surface area contributed by atoms with Gasteiger partial charge in [-0.3, -0.25) is 9.59 Å². The van der Waals surface area contributed by atoms with E-state index in [1.165, 1.54) is 33.1 Å². The summed E-state index contributed by atoms with van der Waals surface area (Å²) >= 11 is 0. The molecule has 0 amide bonds. The van der Waals surface area contributed by atoms with Crippen LogP contribution in [0.4, 0.5) is 0 Å². The van der Waals surface area contributed by atoms with E-state index in [1.54, 1.807) is 0 Å². The topological polar surface area (TPSA) is 65.1 Å². The monoisotopic (exact) mass is 418 g/mol. The minimum atomic E-state index is -0.173. The highest BCUT2D eigenvalue weighted by atomic mass is 16.6. The third kappa shape index (κ3) is 2.56. The minimum Gasteiger partial charge on any atom is -0.466 e. The highest BCUT2D eigenvalue weighted by Crippen LogP contribution is 2.77. The number of hydrogen-bond acceptors (Lipinski definition) is 5. The molecule has 30 heavy (non-hydrogen) atoms. The molecule has 5 nitrogen and oxygen atoms in total. The molecule has 1 heterocycles. The minimum absolute atomic E-state index is 0.00218. The number of carbonyl (C=O) groups excluding carboxylic acids is 2. The lowest BCUT2D eigenvalue weighted by molar-refractivity contribution is -0.192. The van der Waals surface area contributed by atoms with Crippen molar-refractivity contribution in [2.24, 2.45) is 34.0 Å². The Labute approximate surface area is 180 Å². The van der Waals surface area contributed by atoms with Gasteiger partial charge in [-0.25, -0.2) is 0 Å². The predicted molar refractivity (Wildman–Crippen MR) is 112 cm³/mol. The Morgan fingerprint density at radius 2 is 1.63 bits per heavy atom. The fourth-order valence-corrected chi connectivity index (χ4v) is 8.95. The highest BCUT2D eigenvalue weighted by molar-refractivity contribution is 5.66. The fourth-order valence-electron chi connectivity index (χ4n) is 8.95. The second kappa shape index (κ2) is 6.46. The summed E-state index contributed by atoms with van der Waals surface area (Å²) in [5, 5.41) is 0. The van der Waals surface area contributed by atoms with Gasteiger partial charge in [-0.2, -0.15) is 0 Å². The van der Waals surface area contributed by atoms with Gasteiger partial charge in [0.15, 0.2) is 0 Å². The molecule has 0 unspecified atom stereocenters. The highest BCUT2D eigenvalue weighted by Gasteiger charge is 2.81. The van der Waals surface area contributed by atoms with Crippen LogP contribution >= 0.6 is 0 Å². The van der Waals surface area contributed by atoms with Crippen LogP contribution in [0.15, 0.2) is 0 Å². The first-order valence-corrected chi connectivity index (χ1v) is 12.0. The third-order valence-electron chi connectivity index (χ3n) is 10.8. The molecule has 1 aliphatic heterocycles. The first-order chi connectivity index (χ1) is 14.1. The van der Waals surface area contributed by atoms with E-state index in [0.717, 1.165) is 32.1 Å². The van der Waals surface area contributed by atoms with Crippen molar-refractivity contribution in [3.63, 3.8) is 0 Å². The summed E-state index contributed by atoms with van der Waals surface area (Å²) in [6.07, 6.45) is 9.37. The van der Waals surface area contributed by atoms with Crippen molar-refractivity contribution in [2.75, 3.05) is 6.61 Å². The SMILES string of the molecule is CC(=O)OC[C@@H]1C[C@@H]2O[C@@]23[C@@H]2CC[C@]4(C)C[C@H](OC(C)=O)CC[C@]4(C)[C@@H]2CC[C@@]13C.